The van der Waals surface area contributed by atoms with Gasteiger partial charge in [-0.1, -0.05) is 20.3 Å². The highest BCUT2D eigenvalue weighted by molar-refractivity contribution is 5.85. The molecule has 1 heterocycles. The first-order valence-corrected chi connectivity index (χ1v) is 5.14. The summed E-state index contributed by atoms with van der Waals surface area (Å²) in [6.45, 7) is 6.39. The van der Waals surface area contributed by atoms with E-state index in [9.17, 15) is 0 Å². The SMILES string of the molecule is CCCCNc1ccn(CCC)n1.Cl. The van der Waals surface area contributed by atoms with Gasteiger partial charge in [0.05, 0.1) is 0 Å². The zero-order valence-electron chi connectivity index (χ0n) is 8.99. The smallest absolute Gasteiger partial charge is 0.147 e. The van der Waals surface area contributed by atoms with Crippen LogP contribution in [0, 0.1) is 0 Å². The van der Waals surface area contributed by atoms with Gasteiger partial charge in [0, 0.05) is 25.4 Å². The zero-order chi connectivity index (χ0) is 9.52. The van der Waals surface area contributed by atoms with Gasteiger partial charge in [0.1, 0.15) is 5.82 Å². The van der Waals surface area contributed by atoms with Crippen molar-refractivity contribution in [1.29, 1.82) is 0 Å². The van der Waals surface area contributed by atoms with Crippen LogP contribution in [0.5, 0.6) is 0 Å². The lowest BCUT2D eigenvalue weighted by atomic mass is 10.3. The van der Waals surface area contributed by atoms with Gasteiger partial charge in [0.15, 0.2) is 0 Å². The van der Waals surface area contributed by atoms with E-state index in [4.69, 9.17) is 0 Å². The topological polar surface area (TPSA) is 29.9 Å². The normalized spacial score (nSPS) is 9.57. The van der Waals surface area contributed by atoms with Gasteiger partial charge in [0.25, 0.3) is 0 Å². The van der Waals surface area contributed by atoms with Crippen LogP contribution in [-0.2, 0) is 6.54 Å². The average Bonchev–Trinajstić information content (AvgIpc) is 2.54. The molecule has 0 radical (unpaired) electrons. The maximum atomic E-state index is 4.38. The molecule has 0 atom stereocenters. The largest absolute Gasteiger partial charge is 0.369 e. The molecule has 4 heteroatoms. The van der Waals surface area contributed by atoms with Crippen LogP contribution in [0.15, 0.2) is 12.3 Å². The first-order chi connectivity index (χ1) is 6.36. The third kappa shape index (κ3) is 4.51. The fourth-order valence-corrected chi connectivity index (χ4v) is 1.20. The fourth-order valence-electron chi connectivity index (χ4n) is 1.20. The number of nitrogens with one attached hydrogen (secondary N) is 1. The van der Waals surface area contributed by atoms with Crippen LogP contribution in [0.4, 0.5) is 5.82 Å². The second-order valence-electron chi connectivity index (χ2n) is 3.24. The van der Waals surface area contributed by atoms with Crippen LogP contribution in [0.25, 0.3) is 0 Å². The zero-order valence-corrected chi connectivity index (χ0v) is 9.81. The van der Waals surface area contributed by atoms with E-state index in [0.717, 1.165) is 25.3 Å². The van der Waals surface area contributed by atoms with E-state index in [-0.39, 0.29) is 12.4 Å². The molecule has 82 valence electrons. The number of aryl methyl sites for hydroxylation is 1. The Kier molecular flexibility index (Phi) is 7.30. The molecule has 0 bridgehead atoms. The molecule has 0 saturated heterocycles. The monoisotopic (exact) mass is 217 g/mol. The van der Waals surface area contributed by atoms with E-state index in [1.807, 2.05) is 16.9 Å². The summed E-state index contributed by atoms with van der Waals surface area (Å²) in [6, 6.07) is 2.03. The Morgan fingerprint density at radius 2 is 2.14 bits per heavy atom. The second-order valence-corrected chi connectivity index (χ2v) is 3.24. The second kappa shape index (κ2) is 7.68. The van der Waals surface area contributed by atoms with Crippen molar-refractivity contribution >= 4 is 18.2 Å². The molecule has 0 saturated carbocycles. The molecular weight excluding hydrogens is 198 g/mol. The van der Waals surface area contributed by atoms with Crippen molar-refractivity contribution in [1.82, 2.24) is 9.78 Å². The van der Waals surface area contributed by atoms with Crippen molar-refractivity contribution < 1.29 is 0 Å². The molecule has 3 nitrogen and oxygen atoms in total. The molecule has 0 spiro atoms. The lowest BCUT2D eigenvalue weighted by molar-refractivity contribution is 0.604. The molecule has 1 rings (SSSR count). The molecule has 0 aromatic carbocycles. The van der Waals surface area contributed by atoms with Crippen molar-refractivity contribution in [2.75, 3.05) is 11.9 Å². The third-order valence-corrected chi connectivity index (χ3v) is 1.93. The molecule has 1 aromatic heterocycles. The van der Waals surface area contributed by atoms with Gasteiger partial charge in [0.2, 0.25) is 0 Å². The van der Waals surface area contributed by atoms with Gasteiger partial charge in [-0.25, -0.2) is 0 Å². The minimum atomic E-state index is 0. The Bertz CT molecular complexity index is 235. The van der Waals surface area contributed by atoms with Gasteiger partial charge in [-0.3, -0.25) is 4.68 Å². The quantitative estimate of drug-likeness (QED) is 0.743. The summed E-state index contributed by atoms with van der Waals surface area (Å²) in [5.74, 6) is 1.00. The summed E-state index contributed by atoms with van der Waals surface area (Å²) in [7, 11) is 0. The summed E-state index contributed by atoms with van der Waals surface area (Å²) < 4.78 is 1.98. The van der Waals surface area contributed by atoms with Crippen LogP contribution in [-0.4, -0.2) is 16.3 Å². The van der Waals surface area contributed by atoms with E-state index >= 15 is 0 Å². The van der Waals surface area contributed by atoms with Gasteiger partial charge in [-0.15, -0.1) is 12.4 Å². The molecule has 14 heavy (non-hydrogen) atoms. The molecule has 1 aromatic rings. The maximum absolute atomic E-state index is 4.38. The Labute approximate surface area is 92.3 Å². The number of nitrogens with zero attached hydrogens (tertiary/aromatic N) is 2. The van der Waals surface area contributed by atoms with Crippen LogP contribution in [0.3, 0.4) is 0 Å². The van der Waals surface area contributed by atoms with E-state index in [0.29, 0.717) is 0 Å². The number of hydrogen-bond acceptors (Lipinski definition) is 2. The highest BCUT2D eigenvalue weighted by atomic mass is 35.5. The highest BCUT2D eigenvalue weighted by Gasteiger charge is 1.95. The van der Waals surface area contributed by atoms with Crippen molar-refractivity contribution in [3.8, 4) is 0 Å². The average molecular weight is 218 g/mol. The number of halogens is 1. The molecule has 0 aliphatic heterocycles. The molecule has 0 fully saturated rings. The first-order valence-electron chi connectivity index (χ1n) is 5.14. The number of anilines is 1. The lowest BCUT2D eigenvalue weighted by Gasteiger charge is -2.00. The van der Waals surface area contributed by atoms with Crippen molar-refractivity contribution in [2.24, 2.45) is 0 Å². The predicted octanol–water partition coefficient (Wildman–Crippen LogP) is 2.93. The number of rotatable bonds is 6. The number of aromatic nitrogens is 2. The van der Waals surface area contributed by atoms with Gasteiger partial charge < -0.3 is 5.32 Å². The van der Waals surface area contributed by atoms with Crippen LogP contribution >= 0.6 is 12.4 Å². The van der Waals surface area contributed by atoms with E-state index in [2.05, 4.69) is 24.3 Å². The van der Waals surface area contributed by atoms with Crippen molar-refractivity contribution in [3.05, 3.63) is 12.3 Å². The summed E-state index contributed by atoms with van der Waals surface area (Å²) >= 11 is 0. The van der Waals surface area contributed by atoms with Crippen LogP contribution in [0.2, 0.25) is 0 Å². The molecule has 0 aliphatic rings. The molecular formula is C10H20ClN3. The van der Waals surface area contributed by atoms with Crippen molar-refractivity contribution in [3.63, 3.8) is 0 Å². The minimum absolute atomic E-state index is 0. The van der Waals surface area contributed by atoms with Crippen molar-refractivity contribution in [2.45, 2.75) is 39.7 Å². The Hall–Kier alpha value is -0.700. The fraction of sp³-hybridized carbons (Fsp3) is 0.700. The lowest BCUT2D eigenvalue weighted by Crippen LogP contribution is -2.03. The van der Waals surface area contributed by atoms with Gasteiger partial charge in [-0.2, -0.15) is 5.10 Å². The molecule has 0 aliphatic carbocycles. The standard InChI is InChI=1S/C10H19N3.ClH/c1-3-5-7-11-10-6-9-13(12-10)8-4-2;/h6,9H,3-5,7-8H2,1-2H3,(H,11,12);1H. The van der Waals surface area contributed by atoms with E-state index < -0.39 is 0 Å². The minimum Gasteiger partial charge on any atom is -0.369 e. The Morgan fingerprint density at radius 1 is 1.36 bits per heavy atom. The summed E-state index contributed by atoms with van der Waals surface area (Å²) in [6.07, 6.45) is 5.59. The molecule has 0 amide bonds. The third-order valence-electron chi connectivity index (χ3n) is 1.93. The van der Waals surface area contributed by atoms with Gasteiger partial charge >= 0.3 is 0 Å². The maximum Gasteiger partial charge on any atom is 0.147 e. The first kappa shape index (κ1) is 13.3. The van der Waals surface area contributed by atoms with Crippen LogP contribution in [0.1, 0.15) is 33.1 Å². The summed E-state index contributed by atoms with van der Waals surface area (Å²) in [4.78, 5) is 0. The van der Waals surface area contributed by atoms with E-state index in [1.54, 1.807) is 0 Å². The van der Waals surface area contributed by atoms with Crippen LogP contribution < -0.4 is 5.32 Å². The highest BCUT2D eigenvalue weighted by Crippen LogP contribution is 2.03. The van der Waals surface area contributed by atoms with E-state index in [1.165, 1.54) is 12.8 Å². The molecule has 0 unspecified atom stereocenters. The summed E-state index contributed by atoms with van der Waals surface area (Å²) in [5.41, 5.74) is 0. The Balaban J connectivity index is 0.00000169. The number of hydrogen-bond donors (Lipinski definition) is 1. The number of unbranched alkanes of at least 4 members (excludes halogenated alkanes) is 1. The summed E-state index contributed by atoms with van der Waals surface area (Å²) in [5, 5.41) is 7.67. The Morgan fingerprint density at radius 3 is 2.79 bits per heavy atom. The predicted molar refractivity (Wildman–Crippen MR) is 63.2 cm³/mol. The van der Waals surface area contributed by atoms with Gasteiger partial charge in [-0.05, 0) is 12.8 Å². The molecule has 1 N–H and O–H groups in total.